The Bertz CT molecular complexity index is 167. The summed E-state index contributed by atoms with van der Waals surface area (Å²) in [7, 11) is 0. The van der Waals surface area contributed by atoms with Crippen molar-refractivity contribution in [3.8, 4) is 0 Å². The summed E-state index contributed by atoms with van der Waals surface area (Å²) < 4.78 is 4.93. The first-order valence-corrected chi connectivity index (χ1v) is 6.01. The first kappa shape index (κ1) is 10.7. The monoisotopic (exact) mass is 203 g/mol. The van der Waals surface area contributed by atoms with Crippen LogP contribution in [0.25, 0.3) is 0 Å². The second kappa shape index (κ2) is 5.37. The highest BCUT2D eigenvalue weighted by molar-refractivity contribution is 7.99. The summed E-state index contributed by atoms with van der Waals surface area (Å²) in [6.07, 6.45) is 4.17. The Morgan fingerprint density at radius 1 is 1.54 bits per heavy atom. The molecule has 1 aliphatic heterocycles. The first-order chi connectivity index (χ1) is 6.27. The molecule has 1 aliphatic rings. The minimum Gasteiger partial charge on any atom is -0.450 e. The molecule has 1 amide bonds. The molecule has 0 saturated carbocycles. The van der Waals surface area contributed by atoms with Crippen LogP contribution in [0.3, 0.4) is 0 Å². The summed E-state index contributed by atoms with van der Waals surface area (Å²) in [4.78, 5) is 13.1. The van der Waals surface area contributed by atoms with Crippen molar-refractivity contribution >= 4 is 17.9 Å². The maximum absolute atomic E-state index is 11.3. The van der Waals surface area contributed by atoms with Crippen molar-refractivity contribution in [3.63, 3.8) is 0 Å². The van der Waals surface area contributed by atoms with Crippen LogP contribution >= 0.6 is 11.8 Å². The average molecular weight is 203 g/mol. The molecule has 13 heavy (non-hydrogen) atoms. The van der Waals surface area contributed by atoms with Crippen molar-refractivity contribution in [3.05, 3.63) is 0 Å². The van der Waals surface area contributed by atoms with E-state index < -0.39 is 0 Å². The van der Waals surface area contributed by atoms with Gasteiger partial charge in [-0.05, 0) is 26.0 Å². The van der Waals surface area contributed by atoms with Crippen molar-refractivity contribution in [1.29, 1.82) is 0 Å². The molecule has 0 spiro atoms. The summed E-state index contributed by atoms with van der Waals surface area (Å²) in [6.45, 7) is 4.02. The second-order valence-corrected chi connectivity index (χ2v) is 4.26. The van der Waals surface area contributed by atoms with Gasteiger partial charge in [0.05, 0.1) is 6.61 Å². The molecule has 0 bridgehead atoms. The predicted molar refractivity (Wildman–Crippen MR) is 55.1 cm³/mol. The molecule has 1 saturated heterocycles. The van der Waals surface area contributed by atoms with E-state index in [-0.39, 0.29) is 6.09 Å². The van der Waals surface area contributed by atoms with Crippen LogP contribution in [-0.2, 0) is 4.74 Å². The van der Waals surface area contributed by atoms with Gasteiger partial charge in [-0.15, -0.1) is 0 Å². The lowest BCUT2D eigenvalue weighted by atomic mass is 10.1. The quantitative estimate of drug-likeness (QED) is 0.687. The maximum atomic E-state index is 11.3. The number of rotatable bonds is 2. The summed E-state index contributed by atoms with van der Waals surface area (Å²) in [6, 6.07) is 0. The molecule has 1 fully saturated rings. The van der Waals surface area contributed by atoms with Crippen molar-refractivity contribution in [2.75, 3.05) is 26.0 Å². The van der Waals surface area contributed by atoms with Gasteiger partial charge in [-0.1, -0.05) is 0 Å². The minimum absolute atomic E-state index is 0.151. The predicted octanol–water partition coefficient (Wildman–Crippen LogP) is 1.97. The van der Waals surface area contributed by atoms with Gasteiger partial charge < -0.3 is 9.64 Å². The topological polar surface area (TPSA) is 29.5 Å². The van der Waals surface area contributed by atoms with Gasteiger partial charge in [0.25, 0.3) is 0 Å². The first-order valence-electron chi connectivity index (χ1n) is 4.72. The third-order valence-corrected chi connectivity index (χ3v) is 3.44. The van der Waals surface area contributed by atoms with Gasteiger partial charge in [-0.25, -0.2) is 4.79 Å². The molecule has 3 nitrogen and oxygen atoms in total. The third kappa shape index (κ3) is 3.10. The number of nitrogens with zero attached hydrogens (tertiary/aromatic N) is 1. The van der Waals surface area contributed by atoms with Crippen LogP contribution in [0.2, 0.25) is 0 Å². The van der Waals surface area contributed by atoms with Gasteiger partial charge in [0, 0.05) is 18.3 Å². The summed E-state index contributed by atoms with van der Waals surface area (Å²) >= 11 is 1.89. The largest absolute Gasteiger partial charge is 0.450 e. The summed E-state index contributed by atoms with van der Waals surface area (Å²) in [5.74, 6) is 0. The lowest BCUT2D eigenvalue weighted by Gasteiger charge is -2.30. The minimum atomic E-state index is -0.151. The average Bonchev–Trinajstić information content (AvgIpc) is 2.18. The van der Waals surface area contributed by atoms with Gasteiger partial charge in [0.15, 0.2) is 0 Å². The van der Waals surface area contributed by atoms with Gasteiger partial charge in [-0.2, -0.15) is 11.8 Å². The molecule has 1 rings (SSSR count). The van der Waals surface area contributed by atoms with Crippen LogP contribution in [0.4, 0.5) is 4.79 Å². The number of amides is 1. The highest BCUT2D eigenvalue weighted by Crippen LogP contribution is 2.21. The van der Waals surface area contributed by atoms with E-state index in [1.807, 2.05) is 18.7 Å². The van der Waals surface area contributed by atoms with Crippen LogP contribution in [0.15, 0.2) is 0 Å². The van der Waals surface area contributed by atoms with E-state index in [2.05, 4.69) is 6.26 Å². The van der Waals surface area contributed by atoms with E-state index in [9.17, 15) is 4.79 Å². The normalized spacial score (nSPS) is 18.8. The Morgan fingerprint density at radius 3 is 2.62 bits per heavy atom. The molecular weight excluding hydrogens is 186 g/mol. The Balaban J connectivity index is 2.28. The lowest BCUT2D eigenvalue weighted by molar-refractivity contribution is 0.100. The van der Waals surface area contributed by atoms with Crippen LogP contribution in [0.5, 0.6) is 0 Å². The van der Waals surface area contributed by atoms with Gasteiger partial charge >= 0.3 is 6.09 Å². The Kier molecular flexibility index (Phi) is 4.42. The smallest absolute Gasteiger partial charge is 0.409 e. The van der Waals surface area contributed by atoms with Crippen molar-refractivity contribution in [2.45, 2.75) is 25.0 Å². The van der Waals surface area contributed by atoms with E-state index >= 15 is 0 Å². The van der Waals surface area contributed by atoms with Crippen LogP contribution < -0.4 is 0 Å². The van der Waals surface area contributed by atoms with Crippen LogP contribution in [0.1, 0.15) is 19.8 Å². The fourth-order valence-electron chi connectivity index (χ4n) is 1.49. The number of piperidine rings is 1. The zero-order valence-corrected chi connectivity index (χ0v) is 9.10. The second-order valence-electron chi connectivity index (χ2n) is 3.12. The SMILES string of the molecule is CCOC(=O)N1CCC(SC)CC1. The fourth-order valence-corrected chi connectivity index (χ4v) is 2.17. The summed E-state index contributed by atoms with van der Waals surface area (Å²) in [5, 5.41) is 0.727. The van der Waals surface area contributed by atoms with Crippen LogP contribution in [0, 0.1) is 0 Å². The number of carbonyl (C=O) groups excluding carboxylic acids is 1. The number of hydrogen-bond acceptors (Lipinski definition) is 3. The third-order valence-electron chi connectivity index (χ3n) is 2.30. The van der Waals surface area contributed by atoms with E-state index in [0.717, 1.165) is 31.2 Å². The van der Waals surface area contributed by atoms with Crippen molar-refractivity contribution < 1.29 is 9.53 Å². The molecule has 0 aromatic heterocycles. The molecule has 0 atom stereocenters. The van der Waals surface area contributed by atoms with Crippen LogP contribution in [-0.4, -0.2) is 42.2 Å². The number of thioether (sulfide) groups is 1. The number of likely N-dealkylation sites (tertiary alicyclic amines) is 1. The highest BCUT2D eigenvalue weighted by Gasteiger charge is 2.22. The Morgan fingerprint density at radius 2 is 2.15 bits per heavy atom. The summed E-state index contributed by atoms with van der Waals surface area (Å²) in [5.41, 5.74) is 0. The molecule has 0 radical (unpaired) electrons. The molecule has 4 heteroatoms. The molecule has 0 unspecified atom stereocenters. The number of carbonyl (C=O) groups is 1. The Hall–Kier alpha value is -0.380. The maximum Gasteiger partial charge on any atom is 0.409 e. The zero-order chi connectivity index (χ0) is 9.68. The molecule has 1 heterocycles. The molecule has 0 aliphatic carbocycles. The number of hydrogen-bond donors (Lipinski definition) is 0. The highest BCUT2D eigenvalue weighted by atomic mass is 32.2. The van der Waals surface area contributed by atoms with E-state index in [1.54, 1.807) is 4.90 Å². The van der Waals surface area contributed by atoms with Crippen molar-refractivity contribution in [1.82, 2.24) is 4.90 Å². The molecule has 76 valence electrons. The fraction of sp³-hybridized carbons (Fsp3) is 0.889. The van der Waals surface area contributed by atoms with E-state index in [4.69, 9.17) is 4.74 Å². The Labute approximate surface area is 83.8 Å². The van der Waals surface area contributed by atoms with E-state index in [0.29, 0.717) is 6.61 Å². The van der Waals surface area contributed by atoms with Gasteiger partial charge in [0.1, 0.15) is 0 Å². The molecular formula is C9H17NO2S. The number of ether oxygens (including phenoxy) is 1. The molecule has 0 aromatic carbocycles. The standard InChI is InChI=1S/C9H17NO2S/c1-3-12-9(11)10-6-4-8(13-2)5-7-10/h8H,3-7H2,1-2H3. The van der Waals surface area contributed by atoms with Gasteiger partial charge in [-0.3, -0.25) is 0 Å². The molecule has 0 N–H and O–H groups in total. The lowest BCUT2D eigenvalue weighted by Crippen LogP contribution is -2.39. The zero-order valence-electron chi connectivity index (χ0n) is 8.28. The molecule has 0 aromatic rings. The van der Waals surface area contributed by atoms with Crippen molar-refractivity contribution in [2.24, 2.45) is 0 Å². The van der Waals surface area contributed by atoms with Gasteiger partial charge in [0.2, 0.25) is 0 Å². The van der Waals surface area contributed by atoms with E-state index in [1.165, 1.54) is 0 Å².